The number of halogens is 1. The molecule has 0 bridgehead atoms. The Hall–Kier alpha value is -3.46. The Balaban J connectivity index is 1.78. The third-order valence-corrected chi connectivity index (χ3v) is 3.16. The van der Waals surface area contributed by atoms with Gasteiger partial charge in [0.15, 0.2) is 5.69 Å². The fourth-order valence-electron chi connectivity index (χ4n) is 2.04. The summed E-state index contributed by atoms with van der Waals surface area (Å²) in [4.78, 5) is 12.2. The molecule has 0 spiro atoms. The average molecular weight is 306 g/mol. The minimum Gasteiger partial charge on any atom is -0.321 e. The van der Waals surface area contributed by atoms with E-state index in [1.54, 1.807) is 48.7 Å². The molecule has 0 saturated heterocycles. The van der Waals surface area contributed by atoms with Gasteiger partial charge >= 0.3 is 0 Å². The van der Waals surface area contributed by atoms with Gasteiger partial charge in [0.1, 0.15) is 5.82 Å². The highest BCUT2D eigenvalue weighted by atomic mass is 19.1. The SMILES string of the molecule is N#Cc1cccc(NC(=O)c2ccn(-c3ccc(F)cc3)n2)c1. The van der Waals surface area contributed by atoms with E-state index in [9.17, 15) is 9.18 Å². The Bertz CT molecular complexity index is 893. The molecule has 1 heterocycles. The molecule has 1 amide bonds. The zero-order valence-corrected chi connectivity index (χ0v) is 11.9. The van der Waals surface area contributed by atoms with E-state index in [0.717, 1.165) is 0 Å². The summed E-state index contributed by atoms with van der Waals surface area (Å²) in [6, 6.07) is 16.0. The van der Waals surface area contributed by atoms with Crippen molar-refractivity contribution in [2.45, 2.75) is 0 Å². The molecule has 0 aliphatic heterocycles. The number of carbonyl (C=O) groups is 1. The summed E-state index contributed by atoms with van der Waals surface area (Å²) >= 11 is 0. The summed E-state index contributed by atoms with van der Waals surface area (Å²) in [5.74, 6) is -0.725. The third kappa shape index (κ3) is 3.24. The molecule has 0 fully saturated rings. The Labute approximate surface area is 131 Å². The van der Waals surface area contributed by atoms with Gasteiger partial charge in [-0.1, -0.05) is 6.07 Å². The molecule has 0 unspecified atom stereocenters. The number of hydrogen-bond donors (Lipinski definition) is 1. The molecule has 3 aromatic rings. The summed E-state index contributed by atoms with van der Waals surface area (Å²) < 4.78 is 14.4. The van der Waals surface area contributed by atoms with Crippen molar-refractivity contribution in [3.8, 4) is 11.8 Å². The number of aromatic nitrogens is 2. The fourth-order valence-corrected chi connectivity index (χ4v) is 2.04. The minimum absolute atomic E-state index is 0.219. The number of benzene rings is 2. The Kier molecular flexibility index (Phi) is 3.85. The van der Waals surface area contributed by atoms with Gasteiger partial charge in [-0.15, -0.1) is 0 Å². The van der Waals surface area contributed by atoms with Crippen molar-refractivity contribution in [1.82, 2.24) is 9.78 Å². The first kappa shape index (κ1) is 14.5. The Morgan fingerprint density at radius 1 is 1.17 bits per heavy atom. The molecular weight excluding hydrogens is 295 g/mol. The van der Waals surface area contributed by atoms with Crippen LogP contribution in [0.15, 0.2) is 60.8 Å². The van der Waals surface area contributed by atoms with E-state index in [0.29, 0.717) is 16.9 Å². The summed E-state index contributed by atoms with van der Waals surface area (Å²) in [7, 11) is 0. The molecule has 3 rings (SSSR count). The lowest BCUT2D eigenvalue weighted by atomic mass is 10.2. The third-order valence-electron chi connectivity index (χ3n) is 3.16. The summed E-state index contributed by atoms with van der Waals surface area (Å²) in [5.41, 5.74) is 1.85. The predicted molar refractivity (Wildman–Crippen MR) is 82.6 cm³/mol. The minimum atomic E-state index is -0.388. The number of amides is 1. The van der Waals surface area contributed by atoms with Crippen LogP contribution in [0.2, 0.25) is 0 Å². The van der Waals surface area contributed by atoms with Gasteiger partial charge in [0, 0.05) is 11.9 Å². The van der Waals surface area contributed by atoms with E-state index in [2.05, 4.69) is 10.4 Å². The first-order valence-corrected chi connectivity index (χ1v) is 6.79. The average Bonchev–Trinajstić information content (AvgIpc) is 3.06. The monoisotopic (exact) mass is 306 g/mol. The van der Waals surface area contributed by atoms with Crippen LogP contribution in [0, 0.1) is 17.1 Å². The zero-order chi connectivity index (χ0) is 16.2. The lowest BCUT2D eigenvalue weighted by molar-refractivity contribution is 0.102. The van der Waals surface area contributed by atoms with Gasteiger partial charge in [-0.25, -0.2) is 9.07 Å². The second-order valence-corrected chi connectivity index (χ2v) is 4.77. The molecule has 5 nitrogen and oxygen atoms in total. The molecule has 0 aliphatic rings. The van der Waals surface area contributed by atoms with E-state index in [4.69, 9.17) is 5.26 Å². The maximum atomic E-state index is 12.9. The second kappa shape index (κ2) is 6.12. The van der Waals surface area contributed by atoms with Gasteiger partial charge in [-0.05, 0) is 48.5 Å². The number of anilines is 1. The van der Waals surface area contributed by atoms with Gasteiger partial charge < -0.3 is 5.32 Å². The van der Waals surface area contributed by atoms with E-state index in [-0.39, 0.29) is 17.4 Å². The van der Waals surface area contributed by atoms with Crippen LogP contribution in [0.3, 0.4) is 0 Å². The van der Waals surface area contributed by atoms with Crippen LogP contribution in [0.1, 0.15) is 16.1 Å². The van der Waals surface area contributed by atoms with Crippen LogP contribution in [-0.4, -0.2) is 15.7 Å². The molecule has 0 radical (unpaired) electrons. The maximum Gasteiger partial charge on any atom is 0.276 e. The number of nitrogens with one attached hydrogen (secondary N) is 1. The lowest BCUT2D eigenvalue weighted by Crippen LogP contribution is -2.13. The summed E-state index contributed by atoms with van der Waals surface area (Å²) in [6.45, 7) is 0. The molecule has 1 aromatic heterocycles. The number of rotatable bonds is 3. The first-order valence-electron chi connectivity index (χ1n) is 6.79. The highest BCUT2D eigenvalue weighted by Gasteiger charge is 2.11. The van der Waals surface area contributed by atoms with Gasteiger partial charge in [-0.2, -0.15) is 10.4 Å². The highest BCUT2D eigenvalue weighted by Crippen LogP contribution is 2.13. The van der Waals surface area contributed by atoms with Crippen molar-refractivity contribution < 1.29 is 9.18 Å². The zero-order valence-electron chi connectivity index (χ0n) is 11.9. The molecular formula is C17H11FN4O. The standard InChI is InChI=1S/C17H11FN4O/c18-13-4-6-15(7-5-13)22-9-8-16(21-22)17(23)20-14-3-1-2-12(10-14)11-19/h1-10H,(H,20,23). The molecule has 2 aromatic carbocycles. The molecule has 6 heteroatoms. The first-order chi connectivity index (χ1) is 11.2. The summed E-state index contributed by atoms with van der Waals surface area (Å²) in [5, 5.41) is 15.7. The van der Waals surface area contributed by atoms with Crippen LogP contribution in [0.4, 0.5) is 10.1 Å². The van der Waals surface area contributed by atoms with Crippen molar-refractivity contribution >= 4 is 11.6 Å². The predicted octanol–water partition coefficient (Wildman–Crippen LogP) is 3.14. The van der Waals surface area contributed by atoms with Gasteiger partial charge in [-0.3, -0.25) is 4.79 Å². The van der Waals surface area contributed by atoms with Crippen LogP contribution in [0.5, 0.6) is 0 Å². The smallest absolute Gasteiger partial charge is 0.276 e. The highest BCUT2D eigenvalue weighted by molar-refractivity contribution is 6.02. The van der Waals surface area contributed by atoms with E-state index >= 15 is 0 Å². The normalized spacial score (nSPS) is 10.1. The largest absolute Gasteiger partial charge is 0.321 e. The Morgan fingerprint density at radius 3 is 2.70 bits per heavy atom. The quantitative estimate of drug-likeness (QED) is 0.808. The topological polar surface area (TPSA) is 70.7 Å². The molecule has 23 heavy (non-hydrogen) atoms. The van der Waals surface area contributed by atoms with Gasteiger partial charge in [0.05, 0.1) is 17.3 Å². The van der Waals surface area contributed by atoms with Gasteiger partial charge in [0.2, 0.25) is 0 Å². The van der Waals surface area contributed by atoms with E-state index < -0.39 is 0 Å². The Morgan fingerprint density at radius 2 is 1.96 bits per heavy atom. The number of carbonyl (C=O) groups excluding carboxylic acids is 1. The lowest BCUT2D eigenvalue weighted by Gasteiger charge is -2.03. The fraction of sp³-hybridized carbons (Fsp3) is 0. The molecule has 112 valence electrons. The van der Waals surface area contributed by atoms with Gasteiger partial charge in [0.25, 0.3) is 5.91 Å². The van der Waals surface area contributed by atoms with Crippen molar-refractivity contribution in [3.05, 3.63) is 77.9 Å². The molecule has 1 N–H and O–H groups in total. The molecule has 0 saturated carbocycles. The van der Waals surface area contributed by atoms with Crippen LogP contribution >= 0.6 is 0 Å². The molecule has 0 aliphatic carbocycles. The molecule has 0 atom stereocenters. The number of hydrogen-bond acceptors (Lipinski definition) is 3. The van der Waals surface area contributed by atoms with Crippen molar-refractivity contribution in [2.75, 3.05) is 5.32 Å². The summed E-state index contributed by atoms with van der Waals surface area (Å²) in [6.07, 6.45) is 1.62. The number of nitrogens with zero attached hydrogens (tertiary/aromatic N) is 3. The van der Waals surface area contributed by atoms with Crippen molar-refractivity contribution in [1.29, 1.82) is 5.26 Å². The van der Waals surface area contributed by atoms with E-state index in [1.807, 2.05) is 6.07 Å². The second-order valence-electron chi connectivity index (χ2n) is 4.77. The number of nitriles is 1. The van der Waals surface area contributed by atoms with Crippen LogP contribution in [-0.2, 0) is 0 Å². The maximum absolute atomic E-state index is 12.9. The van der Waals surface area contributed by atoms with E-state index in [1.165, 1.54) is 16.8 Å². The van der Waals surface area contributed by atoms with Crippen LogP contribution in [0.25, 0.3) is 5.69 Å². The van der Waals surface area contributed by atoms with Crippen molar-refractivity contribution in [3.63, 3.8) is 0 Å². The van der Waals surface area contributed by atoms with Crippen LogP contribution < -0.4 is 5.32 Å². The van der Waals surface area contributed by atoms with Crippen molar-refractivity contribution in [2.24, 2.45) is 0 Å².